The molecule has 0 aliphatic heterocycles. The van der Waals surface area contributed by atoms with Crippen molar-refractivity contribution in [2.45, 2.75) is 0 Å². The Balaban J connectivity index is 1.85. The van der Waals surface area contributed by atoms with Gasteiger partial charge in [-0.05, 0) is 30.3 Å². The van der Waals surface area contributed by atoms with Crippen LogP contribution in [-0.4, -0.2) is 23.9 Å². The zero-order valence-electron chi connectivity index (χ0n) is 14.0. The van der Waals surface area contributed by atoms with Crippen molar-refractivity contribution in [2.75, 3.05) is 12.4 Å². The summed E-state index contributed by atoms with van der Waals surface area (Å²) < 4.78 is 5.20. The van der Waals surface area contributed by atoms with Crippen molar-refractivity contribution in [1.29, 1.82) is 0 Å². The summed E-state index contributed by atoms with van der Waals surface area (Å²) in [5.41, 5.74) is 6.82. The van der Waals surface area contributed by atoms with Gasteiger partial charge in [0.25, 0.3) is 5.91 Å². The lowest BCUT2D eigenvalue weighted by molar-refractivity contribution is 0.0995. The molecule has 0 aliphatic rings. The fourth-order valence-electron chi connectivity index (χ4n) is 2.29. The second-order valence-corrected chi connectivity index (χ2v) is 7.07. The van der Waals surface area contributed by atoms with Crippen molar-refractivity contribution >= 4 is 52.0 Å². The van der Waals surface area contributed by atoms with Crippen LogP contribution in [0.5, 0.6) is 5.75 Å². The Kier molecular flexibility index (Phi) is 5.65. The van der Waals surface area contributed by atoms with E-state index < -0.39 is 11.8 Å². The molecule has 0 atom stereocenters. The summed E-state index contributed by atoms with van der Waals surface area (Å²) in [7, 11) is 1.46. The number of ether oxygens (including phenoxy) is 1. The van der Waals surface area contributed by atoms with Crippen LogP contribution in [0.3, 0.4) is 0 Å². The molecule has 0 radical (unpaired) electrons. The van der Waals surface area contributed by atoms with Gasteiger partial charge in [-0.2, -0.15) is 0 Å². The third kappa shape index (κ3) is 4.21. The molecule has 0 spiro atoms. The van der Waals surface area contributed by atoms with E-state index in [1.54, 1.807) is 29.6 Å². The summed E-state index contributed by atoms with van der Waals surface area (Å²) in [6.45, 7) is 0. The zero-order valence-corrected chi connectivity index (χ0v) is 16.3. The summed E-state index contributed by atoms with van der Waals surface area (Å²) in [6, 6.07) is 9.64. The Labute approximate surface area is 168 Å². The molecule has 3 N–H and O–H groups in total. The Hall–Kier alpha value is -2.61. The topological polar surface area (TPSA) is 94.3 Å². The molecule has 6 nitrogen and oxygen atoms in total. The number of carbonyl (C=O) groups excluding carboxylic acids is 2. The summed E-state index contributed by atoms with van der Waals surface area (Å²) >= 11 is 13.2. The number of nitrogens with one attached hydrogen (secondary N) is 1. The molecule has 0 unspecified atom stereocenters. The predicted octanol–water partition coefficient (Wildman–Crippen LogP) is 4.48. The number of benzene rings is 2. The molecule has 0 saturated carbocycles. The molecule has 1 heterocycles. The fraction of sp³-hybridized carbons (Fsp3) is 0.0556. The molecule has 27 heavy (non-hydrogen) atoms. The van der Waals surface area contributed by atoms with Gasteiger partial charge in [-0.15, -0.1) is 11.3 Å². The third-order valence-electron chi connectivity index (χ3n) is 3.64. The molecular weight excluding hydrogens is 409 g/mol. The number of hydrogen-bond acceptors (Lipinski definition) is 5. The van der Waals surface area contributed by atoms with E-state index in [9.17, 15) is 9.59 Å². The molecule has 3 rings (SSSR count). The van der Waals surface area contributed by atoms with Crippen LogP contribution in [0.25, 0.3) is 10.6 Å². The molecular formula is C18H13Cl2N3O3S. The van der Waals surface area contributed by atoms with Gasteiger partial charge < -0.3 is 15.8 Å². The minimum Gasteiger partial charge on any atom is -0.495 e. The third-order valence-corrected chi connectivity index (χ3v) is 5.27. The molecule has 0 saturated heterocycles. The van der Waals surface area contributed by atoms with Crippen molar-refractivity contribution in [3.8, 4) is 16.3 Å². The number of anilines is 1. The number of halogens is 2. The minimum absolute atomic E-state index is 0.215. The highest BCUT2D eigenvalue weighted by Gasteiger charge is 2.16. The predicted molar refractivity (Wildman–Crippen MR) is 107 cm³/mol. The van der Waals surface area contributed by atoms with Crippen molar-refractivity contribution < 1.29 is 14.3 Å². The first-order valence-corrected chi connectivity index (χ1v) is 9.22. The van der Waals surface area contributed by atoms with E-state index in [4.69, 9.17) is 33.7 Å². The van der Waals surface area contributed by atoms with E-state index in [0.717, 1.165) is 5.56 Å². The molecule has 1 aromatic heterocycles. The largest absolute Gasteiger partial charge is 0.495 e. The van der Waals surface area contributed by atoms with E-state index in [1.807, 2.05) is 0 Å². The van der Waals surface area contributed by atoms with Crippen LogP contribution in [0.1, 0.15) is 20.8 Å². The standard InChI is InChI=1S/C18H13Cl2N3O3S/c1-26-15-5-3-9(16(21)24)7-13(15)22-17(25)14-8-27-18(23-14)10-2-4-11(19)12(20)6-10/h2-8H,1H3,(H2,21,24)(H,22,25). The van der Waals surface area contributed by atoms with E-state index in [1.165, 1.54) is 30.6 Å². The van der Waals surface area contributed by atoms with Gasteiger partial charge in [-0.3, -0.25) is 9.59 Å². The van der Waals surface area contributed by atoms with E-state index in [0.29, 0.717) is 26.5 Å². The maximum absolute atomic E-state index is 12.5. The lowest BCUT2D eigenvalue weighted by Crippen LogP contribution is -2.15. The van der Waals surface area contributed by atoms with Crippen LogP contribution in [0, 0.1) is 0 Å². The van der Waals surface area contributed by atoms with Gasteiger partial charge in [-0.1, -0.05) is 29.3 Å². The molecule has 138 valence electrons. The average Bonchev–Trinajstić information content (AvgIpc) is 3.14. The second kappa shape index (κ2) is 7.96. The molecule has 0 aliphatic carbocycles. The first-order chi connectivity index (χ1) is 12.9. The monoisotopic (exact) mass is 421 g/mol. The Bertz CT molecular complexity index is 1040. The number of methoxy groups -OCH3 is 1. The Morgan fingerprint density at radius 1 is 1.15 bits per heavy atom. The SMILES string of the molecule is COc1ccc(C(N)=O)cc1NC(=O)c1csc(-c2ccc(Cl)c(Cl)c2)n1. The number of rotatable bonds is 5. The van der Waals surface area contributed by atoms with Crippen LogP contribution in [0.4, 0.5) is 5.69 Å². The quantitative estimate of drug-likeness (QED) is 0.634. The van der Waals surface area contributed by atoms with E-state index >= 15 is 0 Å². The van der Waals surface area contributed by atoms with Gasteiger partial charge in [0.05, 0.1) is 22.8 Å². The van der Waals surface area contributed by atoms with Crippen molar-refractivity contribution in [3.05, 3.63) is 63.1 Å². The lowest BCUT2D eigenvalue weighted by Gasteiger charge is -2.10. The maximum atomic E-state index is 12.5. The summed E-state index contributed by atoms with van der Waals surface area (Å²) in [5.74, 6) is -0.658. The van der Waals surface area contributed by atoms with E-state index in [2.05, 4.69) is 10.3 Å². The van der Waals surface area contributed by atoms with Crippen molar-refractivity contribution in [2.24, 2.45) is 5.73 Å². The summed E-state index contributed by atoms with van der Waals surface area (Å²) in [6.07, 6.45) is 0. The number of nitrogens with zero attached hydrogens (tertiary/aromatic N) is 1. The lowest BCUT2D eigenvalue weighted by atomic mass is 10.1. The highest BCUT2D eigenvalue weighted by atomic mass is 35.5. The van der Waals surface area contributed by atoms with Gasteiger partial charge in [0.1, 0.15) is 16.5 Å². The maximum Gasteiger partial charge on any atom is 0.275 e. The molecule has 2 amide bonds. The van der Waals surface area contributed by atoms with Crippen molar-refractivity contribution in [3.63, 3.8) is 0 Å². The first-order valence-electron chi connectivity index (χ1n) is 7.59. The van der Waals surface area contributed by atoms with E-state index in [-0.39, 0.29) is 11.3 Å². The molecule has 0 bridgehead atoms. The van der Waals surface area contributed by atoms with Crippen LogP contribution in [0.15, 0.2) is 41.8 Å². The smallest absolute Gasteiger partial charge is 0.275 e. The number of nitrogens with two attached hydrogens (primary N) is 1. The average molecular weight is 422 g/mol. The zero-order chi connectivity index (χ0) is 19.6. The number of amides is 2. The Morgan fingerprint density at radius 2 is 1.93 bits per heavy atom. The highest BCUT2D eigenvalue weighted by molar-refractivity contribution is 7.13. The van der Waals surface area contributed by atoms with Crippen LogP contribution in [-0.2, 0) is 0 Å². The number of aromatic nitrogens is 1. The van der Waals surface area contributed by atoms with Gasteiger partial charge in [0, 0.05) is 16.5 Å². The van der Waals surface area contributed by atoms with Crippen LogP contribution < -0.4 is 15.8 Å². The van der Waals surface area contributed by atoms with Gasteiger partial charge in [0.15, 0.2) is 0 Å². The van der Waals surface area contributed by atoms with Gasteiger partial charge >= 0.3 is 0 Å². The first kappa shape index (κ1) is 19.2. The number of carbonyl (C=O) groups is 2. The number of thiazole rings is 1. The summed E-state index contributed by atoms with van der Waals surface area (Å²) in [5, 5.41) is 5.77. The molecule has 9 heteroatoms. The summed E-state index contributed by atoms with van der Waals surface area (Å²) in [4.78, 5) is 28.2. The molecule has 3 aromatic rings. The van der Waals surface area contributed by atoms with Gasteiger partial charge in [0.2, 0.25) is 5.91 Å². The van der Waals surface area contributed by atoms with Crippen molar-refractivity contribution in [1.82, 2.24) is 4.98 Å². The molecule has 0 fully saturated rings. The van der Waals surface area contributed by atoms with Gasteiger partial charge in [-0.25, -0.2) is 4.98 Å². The Morgan fingerprint density at radius 3 is 2.59 bits per heavy atom. The highest BCUT2D eigenvalue weighted by Crippen LogP contribution is 2.31. The number of primary amides is 1. The molecule has 2 aromatic carbocycles. The van der Waals surface area contributed by atoms with Crippen LogP contribution in [0.2, 0.25) is 10.0 Å². The number of hydrogen-bond donors (Lipinski definition) is 2. The van der Waals surface area contributed by atoms with Crippen LogP contribution >= 0.6 is 34.5 Å². The minimum atomic E-state index is -0.608. The normalized spacial score (nSPS) is 10.5. The second-order valence-electron chi connectivity index (χ2n) is 5.40. The fourth-order valence-corrected chi connectivity index (χ4v) is 3.38.